The molecule has 1 atom stereocenters. The van der Waals surface area contributed by atoms with Gasteiger partial charge >= 0.3 is 6.18 Å². The maximum atomic E-state index is 12.6. The summed E-state index contributed by atoms with van der Waals surface area (Å²) in [6.45, 7) is 3.32. The van der Waals surface area contributed by atoms with Crippen LogP contribution in [0.3, 0.4) is 0 Å². The number of alkyl halides is 3. The summed E-state index contributed by atoms with van der Waals surface area (Å²) in [5.74, 6) is 2.07. The number of halogens is 4. The Morgan fingerprint density at radius 3 is 2.71 bits per heavy atom. The van der Waals surface area contributed by atoms with Gasteiger partial charge in [-0.25, -0.2) is 4.99 Å². The number of aliphatic imine (C=N–C) groups is 1. The van der Waals surface area contributed by atoms with E-state index in [9.17, 15) is 13.2 Å². The molecule has 0 spiro atoms. The lowest BCUT2D eigenvalue weighted by Gasteiger charge is -2.20. The van der Waals surface area contributed by atoms with Crippen molar-refractivity contribution < 1.29 is 17.9 Å². The molecule has 1 aliphatic heterocycles. The molecule has 2 heterocycles. The van der Waals surface area contributed by atoms with Crippen molar-refractivity contribution in [1.82, 2.24) is 30.3 Å². The van der Waals surface area contributed by atoms with Crippen LogP contribution in [-0.4, -0.2) is 77.7 Å². The number of aromatic nitrogens is 3. The minimum atomic E-state index is -4.17. The molecule has 8 nitrogen and oxygen atoms in total. The Morgan fingerprint density at radius 1 is 1.36 bits per heavy atom. The largest absolute Gasteiger partial charge is 0.401 e. The lowest BCUT2D eigenvalue weighted by atomic mass is 10.3. The minimum Gasteiger partial charge on any atom is -0.385 e. The SMILES string of the molecule is COCCCNC(=NCc1nnc(C)n1C)NC1CCN(CC(F)(F)F)C1.I. The smallest absolute Gasteiger partial charge is 0.385 e. The average molecular weight is 519 g/mol. The highest BCUT2D eigenvalue weighted by molar-refractivity contribution is 14.0. The third-order valence-electron chi connectivity index (χ3n) is 4.40. The first kappa shape index (κ1) is 24.9. The summed E-state index contributed by atoms with van der Waals surface area (Å²) in [6, 6.07) is -0.0812. The van der Waals surface area contributed by atoms with Crippen LogP contribution in [0.25, 0.3) is 0 Å². The molecule has 2 rings (SSSR count). The molecular formula is C16H29F3IN7O. The number of ether oxygens (including phenoxy) is 1. The maximum absolute atomic E-state index is 12.6. The summed E-state index contributed by atoms with van der Waals surface area (Å²) in [6.07, 6.45) is -2.74. The van der Waals surface area contributed by atoms with Crippen molar-refractivity contribution in [3.05, 3.63) is 11.6 Å². The molecular weight excluding hydrogens is 490 g/mol. The number of guanidine groups is 1. The summed E-state index contributed by atoms with van der Waals surface area (Å²) in [5.41, 5.74) is 0. The summed E-state index contributed by atoms with van der Waals surface area (Å²) in [4.78, 5) is 5.93. The quantitative estimate of drug-likeness (QED) is 0.235. The minimum absolute atomic E-state index is 0. The van der Waals surface area contributed by atoms with Crippen molar-refractivity contribution >= 4 is 29.9 Å². The summed E-state index contributed by atoms with van der Waals surface area (Å²) < 4.78 is 44.6. The van der Waals surface area contributed by atoms with Gasteiger partial charge in [-0.05, 0) is 19.8 Å². The van der Waals surface area contributed by atoms with Crippen LogP contribution in [0.5, 0.6) is 0 Å². The average Bonchev–Trinajstić information content (AvgIpc) is 3.15. The van der Waals surface area contributed by atoms with E-state index in [-0.39, 0.29) is 30.0 Å². The van der Waals surface area contributed by atoms with E-state index in [4.69, 9.17) is 4.74 Å². The van der Waals surface area contributed by atoms with Crippen LogP contribution in [0.15, 0.2) is 4.99 Å². The molecule has 1 aliphatic rings. The topological polar surface area (TPSA) is 79.6 Å². The molecule has 0 aliphatic carbocycles. The van der Waals surface area contributed by atoms with Gasteiger partial charge in [-0.1, -0.05) is 0 Å². The van der Waals surface area contributed by atoms with Crippen LogP contribution < -0.4 is 10.6 Å². The number of nitrogens with zero attached hydrogens (tertiary/aromatic N) is 5. The van der Waals surface area contributed by atoms with Crippen LogP contribution in [0.2, 0.25) is 0 Å². The van der Waals surface area contributed by atoms with Gasteiger partial charge in [0.05, 0.1) is 6.54 Å². The Balaban J connectivity index is 0.00000392. The van der Waals surface area contributed by atoms with Crippen molar-refractivity contribution in [3.63, 3.8) is 0 Å². The van der Waals surface area contributed by atoms with Crippen LogP contribution in [0.4, 0.5) is 13.2 Å². The van der Waals surface area contributed by atoms with E-state index in [0.717, 1.165) is 18.1 Å². The second kappa shape index (κ2) is 11.8. The van der Waals surface area contributed by atoms with E-state index in [2.05, 4.69) is 25.8 Å². The number of hydrogen-bond acceptors (Lipinski definition) is 5. The van der Waals surface area contributed by atoms with Crippen LogP contribution in [-0.2, 0) is 18.3 Å². The molecule has 1 saturated heterocycles. The number of likely N-dealkylation sites (tertiary alicyclic amines) is 1. The molecule has 162 valence electrons. The van der Waals surface area contributed by atoms with Crippen molar-refractivity contribution in [2.75, 3.05) is 39.9 Å². The Labute approximate surface area is 180 Å². The third kappa shape index (κ3) is 8.47. The molecule has 28 heavy (non-hydrogen) atoms. The molecule has 1 aromatic rings. The second-order valence-electron chi connectivity index (χ2n) is 6.64. The number of nitrogens with one attached hydrogen (secondary N) is 2. The van der Waals surface area contributed by atoms with Gasteiger partial charge in [-0.15, -0.1) is 34.2 Å². The van der Waals surface area contributed by atoms with Crippen LogP contribution in [0, 0.1) is 6.92 Å². The van der Waals surface area contributed by atoms with Gasteiger partial charge in [0, 0.05) is 46.4 Å². The Hall–Kier alpha value is -1.15. The molecule has 12 heteroatoms. The Morgan fingerprint density at radius 2 is 2.11 bits per heavy atom. The van der Waals surface area contributed by atoms with Crippen molar-refractivity contribution in [2.24, 2.45) is 12.0 Å². The number of rotatable bonds is 8. The van der Waals surface area contributed by atoms with Gasteiger partial charge in [0.15, 0.2) is 11.8 Å². The molecule has 2 N–H and O–H groups in total. The normalized spacial score (nSPS) is 18.2. The van der Waals surface area contributed by atoms with Gasteiger partial charge in [-0.2, -0.15) is 13.2 Å². The first-order valence-electron chi connectivity index (χ1n) is 8.96. The maximum Gasteiger partial charge on any atom is 0.401 e. The van der Waals surface area contributed by atoms with E-state index >= 15 is 0 Å². The van der Waals surface area contributed by atoms with Gasteiger partial charge in [-0.3, -0.25) is 4.90 Å². The zero-order valence-electron chi connectivity index (χ0n) is 16.4. The second-order valence-corrected chi connectivity index (χ2v) is 6.64. The summed E-state index contributed by atoms with van der Waals surface area (Å²) in [7, 11) is 3.50. The van der Waals surface area contributed by atoms with Gasteiger partial charge in [0.1, 0.15) is 12.4 Å². The number of aryl methyl sites for hydroxylation is 1. The fourth-order valence-corrected chi connectivity index (χ4v) is 2.86. The first-order chi connectivity index (χ1) is 12.8. The van der Waals surface area contributed by atoms with Gasteiger partial charge in [0.2, 0.25) is 0 Å². The number of hydrogen-bond donors (Lipinski definition) is 2. The Kier molecular flexibility index (Phi) is 10.4. The van der Waals surface area contributed by atoms with Crippen molar-refractivity contribution in [2.45, 2.75) is 38.5 Å². The monoisotopic (exact) mass is 519 g/mol. The predicted octanol–water partition coefficient (Wildman–Crippen LogP) is 1.45. The van der Waals surface area contributed by atoms with Crippen LogP contribution >= 0.6 is 24.0 Å². The van der Waals surface area contributed by atoms with E-state index < -0.39 is 12.7 Å². The van der Waals surface area contributed by atoms with E-state index in [1.165, 1.54) is 4.90 Å². The highest BCUT2D eigenvalue weighted by Gasteiger charge is 2.34. The van der Waals surface area contributed by atoms with Crippen LogP contribution in [0.1, 0.15) is 24.5 Å². The lowest BCUT2D eigenvalue weighted by Crippen LogP contribution is -2.45. The zero-order valence-corrected chi connectivity index (χ0v) is 18.8. The molecule has 0 radical (unpaired) electrons. The standard InChI is InChI=1S/C16H28F3N7O.HI/c1-12-23-24-14(25(12)2)9-21-15(20-6-4-8-27-3)22-13-5-7-26(10-13)11-16(17,18)19;/h13H,4-11H2,1-3H3,(H2,20,21,22);1H. The van der Waals surface area contributed by atoms with Gasteiger partial charge < -0.3 is 19.9 Å². The van der Waals surface area contributed by atoms with Crippen molar-refractivity contribution in [1.29, 1.82) is 0 Å². The molecule has 0 aromatic carbocycles. The zero-order chi connectivity index (χ0) is 19.9. The highest BCUT2D eigenvalue weighted by atomic mass is 127. The molecule has 0 amide bonds. The summed E-state index contributed by atoms with van der Waals surface area (Å²) in [5, 5.41) is 14.5. The fourth-order valence-electron chi connectivity index (χ4n) is 2.86. The third-order valence-corrected chi connectivity index (χ3v) is 4.40. The molecule has 1 aromatic heterocycles. The van der Waals surface area contributed by atoms with E-state index in [1.807, 2.05) is 18.5 Å². The van der Waals surface area contributed by atoms with E-state index in [0.29, 0.717) is 45.2 Å². The predicted molar refractivity (Wildman–Crippen MR) is 111 cm³/mol. The first-order valence-corrected chi connectivity index (χ1v) is 8.96. The fraction of sp³-hybridized carbons (Fsp3) is 0.812. The van der Waals surface area contributed by atoms with E-state index in [1.54, 1.807) is 7.11 Å². The molecule has 0 saturated carbocycles. The Bertz CT molecular complexity index is 624. The molecule has 1 fully saturated rings. The molecule has 1 unspecified atom stereocenters. The number of methoxy groups -OCH3 is 1. The van der Waals surface area contributed by atoms with Crippen molar-refractivity contribution in [3.8, 4) is 0 Å². The van der Waals surface area contributed by atoms with Gasteiger partial charge in [0.25, 0.3) is 0 Å². The summed E-state index contributed by atoms with van der Waals surface area (Å²) >= 11 is 0. The lowest BCUT2D eigenvalue weighted by molar-refractivity contribution is -0.143. The molecule has 0 bridgehead atoms. The highest BCUT2D eigenvalue weighted by Crippen LogP contribution is 2.19.